The van der Waals surface area contributed by atoms with Crippen LogP contribution in [0.4, 0.5) is 0 Å². The van der Waals surface area contributed by atoms with Gasteiger partial charge in [-0.15, -0.1) is 0 Å². The molecule has 0 heterocycles. The van der Waals surface area contributed by atoms with Crippen LogP contribution in [0.2, 0.25) is 5.02 Å². The lowest BCUT2D eigenvalue weighted by Crippen LogP contribution is -2.23. The van der Waals surface area contributed by atoms with Gasteiger partial charge in [0.05, 0.1) is 6.61 Å². The summed E-state index contributed by atoms with van der Waals surface area (Å²) in [4.78, 5) is 0. The first-order valence-electron chi connectivity index (χ1n) is 6.97. The molecule has 2 nitrogen and oxygen atoms in total. The SMILES string of the molecule is NCCc1c(Cl)cccc1OCC1Cc2ccccc21. The summed E-state index contributed by atoms with van der Waals surface area (Å²) < 4.78 is 5.99. The van der Waals surface area contributed by atoms with Gasteiger partial charge in [0.25, 0.3) is 0 Å². The molecule has 1 aliphatic carbocycles. The lowest BCUT2D eigenvalue weighted by molar-refractivity contribution is 0.273. The van der Waals surface area contributed by atoms with E-state index in [-0.39, 0.29) is 0 Å². The molecule has 3 rings (SSSR count). The molecule has 20 heavy (non-hydrogen) atoms. The van der Waals surface area contributed by atoms with Gasteiger partial charge in [-0.1, -0.05) is 41.9 Å². The van der Waals surface area contributed by atoms with Crippen molar-refractivity contribution in [2.75, 3.05) is 13.2 Å². The number of halogens is 1. The van der Waals surface area contributed by atoms with Crippen molar-refractivity contribution in [3.8, 4) is 5.75 Å². The third-order valence-electron chi connectivity index (χ3n) is 3.87. The monoisotopic (exact) mass is 287 g/mol. The normalized spacial score (nSPS) is 16.4. The molecule has 1 atom stereocenters. The Morgan fingerprint density at radius 2 is 2.00 bits per heavy atom. The van der Waals surface area contributed by atoms with Gasteiger partial charge in [-0.05, 0) is 42.6 Å². The van der Waals surface area contributed by atoms with Crippen molar-refractivity contribution in [1.82, 2.24) is 0 Å². The molecule has 0 fully saturated rings. The molecule has 1 unspecified atom stereocenters. The van der Waals surface area contributed by atoms with Crippen molar-refractivity contribution in [2.24, 2.45) is 5.73 Å². The van der Waals surface area contributed by atoms with Crippen LogP contribution in [0, 0.1) is 0 Å². The second-order valence-corrected chi connectivity index (χ2v) is 5.57. The highest BCUT2D eigenvalue weighted by molar-refractivity contribution is 6.31. The number of hydrogen-bond acceptors (Lipinski definition) is 2. The Hall–Kier alpha value is -1.51. The Bertz CT molecular complexity index is 612. The van der Waals surface area contributed by atoms with E-state index in [1.165, 1.54) is 11.1 Å². The van der Waals surface area contributed by atoms with Crippen LogP contribution in [0.25, 0.3) is 0 Å². The van der Waals surface area contributed by atoms with Crippen molar-refractivity contribution in [3.05, 3.63) is 64.2 Å². The van der Waals surface area contributed by atoms with E-state index in [0.717, 1.165) is 29.2 Å². The Labute approximate surface area is 124 Å². The summed E-state index contributed by atoms with van der Waals surface area (Å²) >= 11 is 6.22. The Kier molecular flexibility index (Phi) is 3.95. The molecule has 104 valence electrons. The van der Waals surface area contributed by atoms with Gasteiger partial charge < -0.3 is 10.5 Å². The van der Waals surface area contributed by atoms with Crippen LogP contribution in [-0.2, 0) is 12.8 Å². The number of ether oxygens (including phenoxy) is 1. The van der Waals surface area contributed by atoms with Crippen LogP contribution in [0.1, 0.15) is 22.6 Å². The highest BCUT2D eigenvalue weighted by atomic mass is 35.5. The van der Waals surface area contributed by atoms with Gasteiger partial charge in [-0.3, -0.25) is 0 Å². The molecular weight excluding hydrogens is 270 g/mol. The van der Waals surface area contributed by atoms with Crippen LogP contribution in [0.3, 0.4) is 0 Å². The van der Waals surface area contributed by atoms with E-state index in [4.69, 9.17) is 22.1 Å². The largest absolute Gasteiger partial charge is 0.493 e. The van der Waals surface area contributed by atoms with E-state index in [2.05, 4.69) is 24.3 Å². The maximum atomic E-state index is 6.22. The van der Waals surface area contributed by atoms with E-state index in [9.17, 15) is 0 Å². The van der Waals surface area contributed by atoms with Crippen LogP contribution in [0.5, 0.6) is 5.75 Å². The van der Waals surface area contributed by atoms with E-state index in [0.29, 0.717) is 19.1 Å². The average molecular weight is 288 g/mol. The molecule has 0 aromatic heterocycles. The van der Waals surface area contributed by atoms with E-state index >= 15 is 0 Å². The third-order valence-corrected chi connectivity index (χ3v) is 4.23. The Balaban J connectivity index is 1.69. The molecule has 0 radical (unpaired) electrons. The van der Waals surface area contributed by atoms with Crippen molar-refractivity contribution in [3.63, 3.8) is 0 Å². The predicted molar refractivity (Wildman–Crippen MR) is 82.6 cm³/mol. The molecule has 0 saturated heterocycles. The van der Waals surface area contributed by atoms with Gasteiger partial charge >= 0.3 is 0 Å². The minimum atomic E-state index is 0.496. The van der Waals surface area contributed by atoms with Crippen molar-refractivity contribution >= 4 is 11.6 Å². The first-order chi connectivity index (χ1) is 9.79. The second-order valence-electron chi connectivity index (χ2n) is 5.17. The van der Waals surface area contributed by atoms with E-state index in [1.54, 1.807) is 0 Å². The molecule has 0 bridgehead atoms. The summed E-state index contributed by atoms with van der Waals surface area (Å²) in [5.74, 6) is 1.36. The first kappa shape index (κ1) is 13.5. The van der Waals surface area contributed by atoms with Crippen molar-refractivity contribution < 1.29 is 4.74 Å². The van der Waals surface area contributed by atoms with Gasteiger partial charge in [0.15, 0.2) is 0 Å². The highest BCUT2D eigenvalue weighted by Gasteiger charge is 2.26. The number of nitrogens with two attached hydrogens (primary N) is 1. The topological polar surface area (TPSA) is 35.2 Å². The summed E-state index contributed by atoms with van der Waals surface area (Å²) in [7, 11) is 0. The first-order valence-corrected chi connectivity index (χ1v) is 7.35. The Morgan fingerprint density at radius 1 is 1.15 bits per heavy atom. The van der Waals surface area contributed by atoms with Crippen molar-refractivity contribution in [1.29, 1.82) is 0 Å². The molecule has 1 aliphatic rings. The molecule has 0 saturated carbocycles. The highest BCUT2D eigenvalue weighted by Crippen LogP contribution is 2.36. The second kappa shape index (κ2) is 5.86. The zero-order valence-corrected chi connectivity index (χ0v) is 12.1. The Morgan fingerprint density at radius 3 is 2.80 bits per heavy atom. The molecule has 2 aromatic rings. The van der Waals surface area contributed by atoms with Gasteiger partial charge in [-0.2, -0.15) is 0 Å². The zero-order valence-electron chi connectivity index (χ0n) is 11.3. The predicted octanol–water partition coefficient (Wildman–Crippen LogP) is 3.56. The van der Waals surface area contributed by atoms with E-state index < -0.39 is 0 Å². The minimum absolute atomic E-state index is 0.496. The van der Waals surface area contributed by atoms with Gasteiger partial charge in [0.1, 0.15) is 5.75 Å². The fourth-order valence-corrected chi connectivity index (χ4v) is 3.02. The lowest BCUT2D eigenvalue weighted by Gasteiger charge is -2.30. The lowest BCUT2D eigenvalue weighted by atomic mass is 9.78. The molecule has 3 heteroatoms. The molecule has 0 spiro atoms. The molecule has 0 amide bonds. The standard InChI is InChI=1S/C17H18ClNO/c18-16-6-3-7-17(15(16)8-9-19)20-11-13-10-12-4-1-2-5-14(12)13/h1-7,13H,8-11,19H2. The third kappa shape index (κ3) is 2.54. The van der Waals surface area contributed by atoms with Gasteiger partial charge in [0.2, 0.25) is 0 Å². The minimum Gasteiger partial charge on any atom is -0.493 e. The summed E-state index contributed by atoms with van der Waals surface area (Å²) in [6, 6.07) is 14.3. The van der Waals surface area contributed by atoms with Crippen LogP contribution in [0.15, 0.2) is 42.5 Å². The van der Waals surface area contributed by atoms with Gasteiger partial charge in [-0.25, -0.2) is 0 Å². The molecule has 0 aliphatic heterocycles. The zero-order chi connectivity index (χ0) is 13.9. The number of rotatable bonds is 5. The van der Waals surface area contributed by atoms with Crippen LogP contribution < -0.4 is 10.5 Å². The van der Waals surface area contributed by atoms with Crippen molar-refractivity contribution in [2.45, 2.75) is 18.8 Å². The smallest absolute Gasteiger partial charge is 0.124 e. The van der Waals surface area contributed by atoms with Crippen LogP contribution in [-0.4, -0.2) is 13.2 Å². The summed E-state index contributed by atoms with van der Waals surface area (Å²) in [6.45, 7) is 1.28. The molecular formula is C17H18ClNO. The fraction of sp³-hybridized carbons (Fsp3) is 0.294. The average Bonchev–Trinajstić information content (AvgIpc) is 2.43. The van der Waals surface area contributed by atoms with Gasteiger partial charge in [0, 0.05) is 16.5 Å². The summed E-state index contributed by atoms with van der Waals surface area (Å²) in [5.41, 5.74) is 9.51. The quantitative estimate of drug-likeness (QED) is 0.912. The maximum absolute atomic E-state index is 6.22. The maximum Gasteiger partial charge on any atom is 0.124 e. The fourth-order valence-electron chi connectivity index (χ4n) is 2.76. The molecule has 2 N–H and O–H groups in total. The summed E-state index contributed by atoms with van der Waals surface area (Å²) in [6.07, 6.45) is 1.85. The van der Waals surface area contributed by atoms with Crippen LogP contribution >= 0.6 is 11.6 Å². The van der Waals surface area contributed by atoms with E-state index in [1.807, 2.05) is 18.2 Å². The number of hydrogen-bond donors (Lipinski definition) is 1. The summed E-state index contributed by atoms with van der Waals surface area (Å²) in [5, 5.41) is 0.738. The molecule has 2 aromatic carbocycles. The number of fused-ring (bicyclic) bond motifs is 1. The number of benzene rings is 2.